The summed E-state index contributed by atoms with van der Waals surface area (Å²) in [5.74, 6) is -0.153. The maximum absolute atomic E-state index is 11.2. The Bertz CT molecular complexity index is 186. The lowest BCUT2D eigenvalue weighted by molar-refractivity contribution is -0.148. The van der Waals surface area contributed by atoms with Crippen molar-refractivity contribution in [1.29, 1.82) is 0 Å². The number of hydrogen-bond acceptors (Lipinski definition) is 3. The average Bonchev–Trinajstić information content (AvgIpc) is 2.47. The van der Waals surface area contributed by atoms with E-state index >= 15 is 0 Å². The van der Waals surface area contributed by atoms with Crippen LogP contribution in [-0.4, -0.2) is 18.4 Å². The summed E-state index contributed by atoms with van der Waals surface area (Å²) >= 11 is 0. The Morgan fingerprint density at radius 2 is 2.42 bits per heavy atom. The number of carbonyl (C=O) groups excluding carboxylic acids is 2. The summed E-state index contributed by atoms with van der Waals surface area (Å²) in [6, 6.07) is 0. The van der Waals surface area contributed by atoms with E-state index < -0.39 is 0 Å². The van der Waals surface area contributed by atoms with Crippen LogP contribution in [0.2, 0.25) is 0 Å². The first-order chi connectivity index (χ1) is 5.74. The van der Waals surface area contributed by atoms with Gasteiger partial charge in [-0.1, -0.05) is 6.92 Å². The highest BCUT2D eigenvalue weighted by atomic mass is 16.5. The van der Waals surface area contributed by atoms with Gasteiger partial charge in [0, 0.05) is 12.8 Å². The highest BCUT2D eigenvalue weighted by Gasteiger charge is 2.29. The van der Waals surface area contributed by atoms with Gasteiger partial charge in [0.1, 0.15) is 5.78 Å². The fraction of sp³-hybridized carbons (Fsp3) is 0.778. The maximum atomic E-state index is 11.2. The lowest BCUT2D eigenvalue weighted by atomic mass is 10.1. The Labute approximate surface area is 72.1 Å². The zero-order valence-corrected chi connectivity index (χ0v) is 7.34. The van der Waals surface area contributed by atoms with Crippen molar-refractivity contribution in [2.24, 2.45) is 5.92 Å². The largest absolute Gasteiger partial charge is 0.465 e. The van der Waals surface area contributed by atoms with E-state index in [2.05, 4.69) is 0 Å². The van der Waals surface area contributed by atoms with Crippen LogP contribution in [0.3, 0.4) is 0 Å². The predicted octanol–water partition coefficient (Wildman–Crippen LogP) is 1.31. The molecule has 0 heterocycles. The maximum Gasteiger partial charge on any atom is 0.309 e. The molecule has 0 aromatic carbocycles. The van der Waals surface area contributed by atoms with Crippen molar-refractivity contribution in [2.45, 2.75) is 32.6 Å². The van der Waals surface area contributed by atoms with Crippen LogP contribution in [0.4, 0.5) is 0 Å². The van der Waals surface area contributed by atoms with Gasteiger partial charge in [-0.05, 0) is 12.8 Å². The van der Waals surface area contributed by atoms with E-state index in [0.29, 0.717) is 25.9 Å². The molecule has 1 aliphatic rings. The second-order valence-electron chi connectivity index (χ2n) is 3.15. The van der Waals surface area contributed by atoms with E-state index in [1.54, 1.807) is 0 Å². The second-order valence-corrected chi connectivity index (χ2v) is 3.15. The van der Waals surface area contributed by atoms with Crippen molar-refractivity contribution >= 4 is 11.8 Å². The van der Waals surface area contributed by atoms with Crippen LogP contribution in [0.1, 0.15) is 32.6 Å². The molecule has 1 rings (SSSR count). The lowest BCUT2D eigenvalue weighted by Gasteiger charge is -2.06. The van der Waals surface area contributed by atoms with Crippen molar-refractivity contribution in [3.63, 3.8) is 0 Å². The monoisotopic (exact) mass is 170 g/mol. The third-order valence-electron chi connectivity index (χ3n) is 2.03. The first-order valence-electron chi connectivity index (χ1n) is 4.42. The molecule has 0 amide bonds. The van der Waals surface area contributed by atoms with Gasteiger partial charge in [0.15, 0.2) is 0 Å². The SMILES string of the molecule is CCCOC(=O)[C@H]1CCC(=O)C1. The summed E-state index contributed by atoms with van der Waals surface area (Å²) < 4.78 is 4.93. The average molecular weight is 170 g/mol. The standard InChI is InChI=1S/C9H14O3/c1-2-5-12-9(11)7-3-4-8(10)6-7/h7H,2-6H2,1H3/t7-/m0/s1. The molecule has 0 aliphatic heterocycles. The molecule has 0 radical (unpaired) electrons. The molecule has 3 heteroatoms. The van der Waals surface area contributed by atoms with Gasteiger partial charge in [0.05, 0.1) is 12.5 Å². The topological polar surface area (TPSA) is 43.4 Å². The molecular formula is C9H14O3. The van der Waals surface area contributed by atoms with E-state index in [9.17, 15) is 9.59 Å². The number of ketones is 1. The summed E-state index contributed by atoms with van der Waals surface area (Å²) in [5.41, 5.74) is 0. The quantitative estimate of drug-likeness (QED) is 0.600. The molecular weight excluding hydrogens is 156 g/mol. The van der Waals surface area contributed by atoms with Gasteiger partial charge in [-0.3, -0.25) is 9.59 Å². The van der Waals surface area contributed by atoms with E-state index in [1.807, 2.05) is 6.92 Å². The third-order valence-corrected chi connectivity index (χ3v) is 2.03. The van der Waals surface area contributed by atoms with Crippen molar-refractivity contribution in [3.05, 3.63) is 0 Å². The molecule has 0 N–H and O–H groups in total. The minimum Gasteiger partial charge on any atom is -0.465 e. The minimum absolute atomic E-state index is 0.149. The van der Waals surface area contributed by atoms with Crippen molar-refractivity contribution in [3.8, 4) is 0 Å². The minimum atomic E-state index is -0.192. The highest BCUT2D eigenvalue weighted by molar-refractivity contribution is 5.87. The Balaban J connectivity index is 2.28. The van der Waals surface area contributed by atoms with E-state index in [1.165, 1.54) is 0 Å². The van der Waals surface area contributed by atoms with Gasteiger partial charge in [0.2, 0.25) is 0 Å². The molecule has 0 aromatic rings. The number of esters is 1. The van der Waals surface area contributed by atoms with Crippen LogP contribution in [0.15, 0.2) is 0 Å². The van der Waals surface area contributed by atoms with Crippen molar-refractivity contribution in [1.82, 2.24) is 0 Å². The molecule has 0 bridgehead atoms. The molecule has 12 heavy (non-hydrogen) atoms. The predicted molar refractivity (Wildman–Crippen MR) is 43.6 cm³/mol. The van der Waals surface area contributed by atoms with Crippen LogP contribution < -0.4 is 0 Å². The van der Waals surface area contributed by atoms with E-state index in [4.69, 9.17) is 4.74 Å². The van der Waals surface area contributed by atoms with Gasteiger partial charge in [-0.15, -0.1) is 0 Å². The molecule has 0 spiro atoms. The van der Waals surface area contributed by atoms with Crippen LogP contribution in [0.25, 0.3) is 0 Å². The molecule has 1 saturated carbocycles. The number of Topliss-reactive ketones (excluding diaryl/α,β-unsaturated/α-hetero) is 1. The number of rotatable bonds is 3. The van der Waals surface area contributed by atoms with Gasteiger partial charge in [-0.2, -0.15) is 0 Å². The molecule has 3 nitrogen and oxygen atoms in total. The fourth-order valence-corrected chi connectivity index (χ4v) is 1.34. The van der Waals surface area contributed by atoms with Crippen molar-refractivity contribution in [2.75, 3.05) is 6.61 Å². The zero-order valence-electron chi connectivity index (χ0n) is 7.34. The molecule has 68 valence electrons. The number of hydrogen-bond donors (Lipinski definition) is 0. The fourth-order valence-electron chi connectivity index (χ4n) is 1.34. The van der Waals surface area contributed by atoms with Crippen LogP contribution >= 0.6 is 0 Å². The summed E-state index contributed by atoms with van der Waals surface area (Å²) in [6.45, 7) is 2.43. The Morgan fingerprint density at radius 1 is 1.67 bits per heavy atom. The normalized spacial score (nSPS) is 22.8. The second kappa shape index (κ2) is 4.24. The smallest absolute Gasteiger partial charge is 0.309 e. The number of carbonyl (C=O) groups is 2. The van der Waals surface area contributed by atoms with Crippen molar-refractivity contribution < 1.29 is 14.3 Å². The van der Waals surface area contributed by atoms with Gasteiger partial charge in [0.25, 0.3) is 0 Å². The Hall–Kier alpha value is -0.860. The van der Waals surface area contributed by atoms with E-state index in [0.717, 1.165) is 6.42 Å². The Morgan fingerprint density at radius 3 is 2.92 bits per heavy atom. The summed E-state index contributed by atoms with van der Waals surface area (Å²) in [6.07, 6.45) is 2.46. The zero-order chi connectivity index (χ0) is 8.97. The van der Waals surface area contributed by atoms with Gasteiger partial charge < -0.3 is 4.74 Å². The third kappa shape index (κ3) is 2.32. The first kappa shape index (κ1) is 9.23. The first-order valence-corrected chi connectivity index (χ1v) is 4.42. The number of ether oxygens (including phenoxy) is 1. The summed E-state index contributed by atoms with van der Waals surface area (Å²) in [7, 11) is 0. The van der Waals surface area contributed by atoms with Crippen LogP contribution in [0, 0.1) is 5.92 Å². The van der Waals surface area contributed by atoms with Gasteiger partial charge in [-0.25, -0.2) is 0 Å². The molecule has 0 unspecified atom stereocenters. The van der Waals surface area contributed by atoms with E-state index in [-0.39, 0.29) is 17.7 Å². The molecule has 1 fully saturated rings. The highest BCUT2D eigenvalue weighted by Crippen LogP contribution is 2.22. The molecule has 0 aromatic heterocycles. The lowest BCUT2D eigenvalue weighted by Crippen LogP contribution is -2.15. The molecule has 1 atom stereocenters. The summed E-state index contributed by atoms with van der Waals surface area (Å²) in [4.78, 5) is 22.0. The molecule has 0 saturated heterocycles. The van der Waals surface area contributed by atoms with Gasteiger partial charge >= 0.3 is 5.97 Å². The summed E-state index contributed by atoms with van der Waals surface area (Å²) in [5, 5.41) is 0. The Kier molecular flexibility index (Phi) is 3.26. The van der Waals surface area contributed by atoms with Crippen LogP contribution in [-0.2, 0) is 14.3 Å². The van der Waals surface area contributed by atoms with Crippen LogP contribution in [0.5, 0.6) is 0 Å². The molecule has 1 aliphatic carbocycles.